The van der Waals surface area contributed by atoms with E-state index in [2.05, 4.69) is 31.3 Å². The van der Waals surface area contributed by atoms with Gasteiger partial charge in [-0.3, -0.25) is 23.9 Å². The van der Waals surface area contributed by atoms with Gasteiger partial charge in [0.2, 0.25) is 23.6 Å². The largest absolute Gasteiger partial charge is 0.446 e. The van der Waals surface area contributed by atoms with Crippen molar-refractivity contribution in [1.82, 2.24) is 36.0 Å². The summed E-state index contributed by atoms with van der Waals surface area (Å²) in [7, 11) is 0. The first-order valence-electron chi connectivity index (χ1n) is 13.8. The molecule has 220 valence electrons. The lowest BCUT2D eigenvalue weighted by Crippen LogP contribution is -2.57. The van der Waals surface area contributed by atoms with Crippen LogP contribution in [-0.4, -0.2) is 68.2 Å². The van der Waals surface area contributed by atoms with Gasteiger partial charge in [-0.1, -0.05) is 13.8 Å². The highest BCUT2D eigenvalue weighted by molar-refractivity contribution is 5.93. The summed E-state index contributed by atoms with van der Waals surface area (Å²) in [5.74, 6) is -1.69. The van der Waals surface area contributed by atoms with Crippen molar-refractivity contribution in [2.75, 3.05) is 6.54 Å². The van der Waals surface area contributed by atoms with Crippen LogP contribution in [0.3, 0.4) is 0 Å². The zero-order valence-electron chi connectivity index (χ0n) is 23.8. The van der Waals surface area contributed by atoms with Crippen molar-refractivity contribution in [3.05, 3.63) is 35.3 Å². The highest BCUT2D eigenvalue weighted by Crippen LogP contribution is 2.21. The van der Waals surface area contributed by atoms with Crippen molar-refractivity contribution in [2.45, 2.75) is 97.5 Å². The van der Waals surface area contributed by atoms with Crippen LogP contribution in [0.5, 0.6) is 0 Å². The molecule has 1 aliphatic rings. The molecule has 4 atom stereocenters. The van der Waals surface area contributed by atoms with Crippen LogP contribution in [0.1, 0.15) is 86.7 Å². The summed E-state index contributed by atoms with van der Waals surface area (Å²) in [6, 6.07) is -1.00. The molecule has 13 nitrogen and oxygen atoms in total. The second kappa shape index (κ2) is 14.1. The van der Waals surface area contributed by atoms with Gasteiger partial charge in [0, 0.05) is 25.2 Å². The van der Waals surface area contributed by atoms with Gasteiger partial charge in [0.15, 0.2) is 5.69 Å². The first kappa shape index (κ1) is 30.8. The molecule has 0 spiro atoms. The number of nitrogens with one attached hydrogen (secondary N) is 4. The molecule has 1 aliphatic heterocycles. The number of aromatic nitrogens is 3. The summed E-state index contributed by atoms with van der Waals surface area (Å²) >= 11 is 0. The molecule has 3 rings (SSSR count). The van der Waals surface area contributed by atoms with Crippen LogP contribution >= 0.6 is 0 Å². The fourth-order valence-corrected chi connectivity index (χ4v) is 4.58. The monoisotopic (exact) mass is 559 g/mol. The molecule has 13 heteroatoms. The highest BCUT2D eigenvalue weighted by atomic mass is 16.3. The van der Waals surface area contributed by atoms with E-state index < -0.39 is 42.0 Å². The third-order valence-corrected chi connectivity index (χ3v) is 6.65. The number of amides is 4. The Morgan fingerprint density at radius 3 is 2.58 bits per heavy atom. The first-order chi connectivity index (χ1) is 18.9. The number of hydrogen-bond acceptors (Lipinski definition) is 8. The fraction of sp³-hybridized carbons (Fsp3) is 0.630. The maximum Gasteiger partial charge on any atom is 0.273 e. The predicted octanol–water partition coefficient (Wildman–Crippen LogP) is 1.05. The Morgan fingerprint density at radius 1 is 1.18 bits per heavy atom. The third-order valence-electron chi connectivity index (χ3n) is 6.65. The van der Waals surface area contributed by atoms with Crippen molar-refractivity contribution in [3.8, 4) is 0 Å². The van der Waals surface area contributed by atoms with Crippen molar-refractivity contribution < 1.29 is 28.7 Å². The molecule has 40 heavy (non-hydrogen) atoms. The van der Waals surface area contributed by atoms with Crippen molar-refractivity contribution in [2.24, 2.45) is 5.92 Å². The van der Waals surface area contributed by atoms with E-state index in [4.69, 9.17) is 4.42 Å². The van der Waals surface area contributed by atoms with Gasteiger partial charge < -0.3 is 30.8 Å². The Kier molecular flexibility index (Phi) is 10.8. The second-order valence-electron chi connectivity index (χ2n) is 10.8. The Bertz CT molecular complexity index is 1190. The molecule has 2 aromatic heterocycles. The van der Waals surface area contributed by atoms with Crippen LogP contribution in [0.25, 0.3) is 0 Å². The van der Waals surface area contributed by atoms with Crippen LogP contribution in [0.4, 0.5) is 0 Å². The summed E-state index contributed by atoms with van der Waals surface area (Å²) in [6.07, 6.45) is 1.88. The molecule has 2 bridgehead atoms. The summed E-state index contributed by atoms with van der Waals surface area (Å²) in [6.45, 7) is 9.77. The minimum Gasteiger partial charge on any atom is -0.446 e. The predicted molar refractivity (Wildman–Crippen MR) is 145 cm³/mol. The molecular weight excluding hydrogens is 518 g/mol. The number of oxazole rings is 1. The molecule has 0 fully saturated rings. The van der Waals surface area contributed by atoms with Crippen LogP contribution in [0.2, 0.25) is 0 Å². The SMILES string of the molecule is Cc1cc(C)n(CCC(=O)N[C@H]2CCCCNC(=O)c3coc(n3)[C@H](CC(C)C)NC(=O)[C@H]([C@@H](C)O)NC2=O)n1. The van der Waals surface area contributed by atoms with E-state index in [9.17, 15) is 24.3 Å². The first-order valence-corrected chi connectivity index (χ1v) is 13.8. The van der Waals surface area contributed by atoms with Crippen molar-refractivity contribution >= 4 is 23.6 Å². The molecule has 0 saturated carbocycles. The number of rotatable bonds is 7. The number of fused-ring (bicyclic) bond motifs is 2. The molecule has 2 aromatic rings. The van der Waals surface area contributed by atoms with Crippen LogP contribution < -0.4 is 21.3 Å². The average molecular weight is 560 g/mol. The Labute approximate surface area is 233 Å². The maximum absolute atomic E-state index is 13.3. The molecule has 4 amide bonds. The molecule has 0 aliphatic carbocycles. The number of carbonyl (C=O) groups is 4. The van der Waals surface area contributed by atoms with E-state index in [1.54, 1.807) is 4.68 Å². The lowest BCUT2D eigenvalue weighted by atomic mass is 10.0. The van der Waals surface area contributed by atoms with Gasteiger partial charge in [0.1, 0.15) is 24.4 Å². The van der Waals surface area contributed by atoms with E-state index in [1.807, 2.05) is 33.8 Å². The fourth-order valence-electron chi connectivity index (χ4n) is 4.58. The second-order valence-corrected chi connectivity index (χ2v) is 10.8. The number of hydrogen-bond donors (Lipinski definition) is 5. The third kappa shape index (κ3) is 8.63. The number of aryl methyl sites for hydroxylation is 3. The van der Waals surface area contributed by atoms with Gasteiger partial charge in [0.25, 0.3) is 5.91 Å². The van der Waals surface area contributed by atoms with Crippen LogP contribution in [-0.2, 0) is 20.9 Å². The summed E-state index contributed by atoms with van der Waals surface area (Å²) in [5, 5.41) is 25.7. The zero-order valence-corrected chi connectivity index (χ0v) is 23.8. The minimum absolute atomic E-state index is 0.0956. The lowest BCUT2D eigenvalue weighted by Gasteiger charge is -2.27. The maximum atomic E-state index is 13.3. The molecule has 5 N–H and O–H groups in total. The standard InChI is InChI=1S/C27H41N7O6/c1-15(2)12-20-27-31-21(14-40-27)24(37)28-10-7-6-8-19(25(38)32-23(18(5)35)26(39)30-20)29-22(36)9-11-34-17(4)13-16(3)33-34/h13-15,18-20,23,35H,6-12H2,1-5H3,(H,28,37)(H,29,36)(H,30,39)(H,32,38)/t18-,19+,20+,23+/m1/s1. The van der Waals surface area contributed by atoms with E-state index in [0.717, 1.165) is 11.4 Å². The molecular formula is C27H41N7O6. The van der Waals surface area contributed by atoms with E-state index >= 15 is 0 Å². The van der Waals surface area contributed by atoms with Crippen LogP contribution in [0, 0.1) is 19.8 Å². The molecule has 0 aromatic carbocycles. The average Bonchev–Trinajstić information content (AvgIpc) is 3.49. The van der Waals surface area contributed by atoms with Gasteiger partial charge in [-0.25, -0.2) is 4.98 Å². The Balaban J connectivity index is 1.78. The quantitative estimate of drug-likeness (QED) is 0.334. The number of aliphatic hydroxyl groups is 1. The Morgan fingerprint density at radius 2 is 1.93 bits per heavy atom. The van der Waals surface area contributed by atoms with Crippen LogP contribution in [0.15, 0.2) is 16.7 Å². The number of carbonyl (C=O) groups excluding carboxylic acids is 4. The molecule has 0 saturated heterocycles. The summed E-state index contributed by atoms with van der Waals surface area (Å²) in [5.41, 5.74) is 1.87. The lowest BCUT2D eigenvalue weighted by molar-refractivity contribution is -0.134. The van der Waals surface area contributed by atoms with Gasteiger partial charge >= 0.3 is 0 Å². The van der Waals surface area contributed by atoms with Crippen molar-refractivity contribution in [1.29, 1.82) is 0 Å². The molecule has 3 heterocycles. The van der Waals surface area contributed by atoms with Gasteiger partial charge in [-0.15, -0.1) is 0 Å². The number of aliphatic hydroxyl groups excluding tert-OH is 1. The summed E-state index contributed by atoms with van der Waals surface area (Å²) in [4.78, 5) is 56.2. The molecule has 0 unspecified atom stereocenters. The topological polar surface area (TPSA) is 180 Å². The van der Waals surface area contributed by atoms with Gasteiger partial charge in [-0.05, 0) is 58.4 Å². The van der Waals surface area contributed by atoms with E-state index in [0.29, 0.717) is 32.4 Å². The highest BCUT2D eigenvalue weighted by Gasteiger charge is 2.32. The molecule has 0 radical (unpaired) electrons. The van der Waals surface area contributed by atoms with E-state index in [1.165, 1.54) is 13.2 Å². The normalized spacial score (nSPS) is 21.9. The van der Waals surface area contributed by atoms with Crippen molar-refractivity contribution in [3.63, 3.8) is 0 Å². The smallest absolute Gasteiger partial charge is 0.273 e. The minimum atomic E-state index is -1.29. The van der Waals surface area contributed by atoms with E-state index in [-0.39, 0.29) is 36.3 Å². The van der Waals surface area contributed by atoms with Gasteiger partial charge in [-0.2, -0.15) is 5.10 Å². The number of nitrogens with zero attached hydrogens (tertiary/aromatic N) is 3. The Hall–Kier alpha value is -3.74. The van der Waals surface area contributed by atoms with Gasteiger partial charge in [0.05, 0.1) is 11.8 Å². The summed E-state index contributed by atoms with van der Waals surface area (Å²) < 4.78 is 7.25. The zero-order chi connectivity index (χ0) is 29.4.